The van der Waals surface area contributed by atoms with Gasteiger partial charge in [0.2, 0.25) is 0 Å². The van der Waals surface area contributed by atoms with Crippen LogP contribution in [0.3, 0.4) is 0 Å². The predicted octanol–water partition coefficient (Wildman–Crippen LogP) is 2.59. The molecular weight excluding hydrogens is 224 g/mol. The summed E-state index contributed by atoms with van der Waals surface area (Å²) in [5.74, 6) is 1.93. The van der Waals surface area contributed by atoms with Crippen LogP contribution in [-0.4, -0.2) is 25.5 Å². The van der Waals surface area contributed by atoms with Crippen molar-refractivity contribution in [1.29, 1.82) is 0 Å². The molecule has 2 aromatic rings. The Hall–Kier alpha value is -2.03. The van der Waals surface area contributed by atoms with Gasteiger partial charge in [0.05, 0.1) is 13.2 Å². The maximum Gasteiger partial charge on any atom is 0.129 e. The Labute approximate surface area is 106 Å². The number of hydrogen-bond donors (Lipinski definition) is 1. The highest BCUT2D eigenvalue weighted by molar-refractivity contribution is 6.11. The van der Waals surface area contributed by atoms with E-state index in [2.05, 4.69) is 34.6 Å². The van der Waals surface area contributed by atoms with Crippen LogP contribution in [0.1, 0.15) is 12.5 Å². The van der Waals surface area contributed by atoms with Crippen LogP contribution in [0.5, 0.6) is 5.75 Å². The van der Waals surface area contributed by atoms with Crippen LogP contribution in [0.4, 0.5) is 0 Å². The molecule has 0 aromatic heterocycles. The van der Waals surface area contributed by atoms with Crippen molar-refractivity contribution in [1.82, 2.24) is 5.32 Å². The molecule has 1 aliphatic heterocycles. The minimum atomic E-state index is 0.683. The molecular formula is C15H16N2O. The molecule has 0 spiro atoms. The van der Waals surface area contributed by atoms with Crippen LogP contribution in [0.15, 0.2) is 41.4 Å². The zero-order valence-corrected chi connectivity index (χ0v) is 10.4. The Morgan fingerprint density at radius 1 is 1.17 bits per heavy atom. The van der Waals surface area contributed by atoms with Gasteiger partial charge in [0.25, 0.3) is 0 Å². The van der Waals surface area contributed by atoms with Gasteiger partial charge in [0.1, 0.15) is 11.6 Å². The van der Waals surface area contributed by atoms with Crippen LogP contribution in [0.25, 0.3) is 10.8 Å². The molecule has 0 fully saturated rings. The zero-order chi connectivity index (χ0) is 12.4. The molecule has 3 nitrogen and oxygen atoms in total. The number of nitrogens with one attached hydrogen (secondary N) is 1. The number of amidine groups is 1. The maximum absolute atomic E-state index is 5.68. The Morgan fingerprint density at radius 3 is 2.72 bits per heavy atom. The highest BCUT2D eigenvalue weighted by atomic mass is 16.5. The summed E-state index contributed by atoms with van der Waals surface area (Å²) < 4.78 is 5.68. The fourth-order valence-corrected chi connectivity index (χ4v) is 2.34. The lowest BCUT2D eigenvalue weighted by molar-refractivity contribution is 0.344. The lowest BCUT2D eigenvalue weighted by Gasteiger charge is -2.11. The Morgan fingerprint density at radius 2 is 2.00 bits per heavy atom. The molecule has 92 valence electrons. The average Bonchev–Trinajstić information content (AvgIpc) is 2.93. The van der Waals surface area contributed by atoms with Crippen molar-refractivity contribution in [3.8, 4) is 5.75 Å². The summed E-state index contributed by atoms with van der Waals surface area (Å²) in [6.45, 7) is 4.47. The van der Waals surface area contributed by atoms with Gasteiger partial charge in [0, 0.05) is 17.5 Å². The first-order valence-corrected chi connectivity index (χ1v) is 6.33. The van der Waals surface area contributed by atoms with Crippen LogP contribution >= 0.6 is 0 Å². The molecule has 0 aliphatic carbocycles. The van der Waals surface area contributed by atoms with Crippen LogP contribution in [0.2, 0.25) is 0 Å². The second kappa shape index (κ2) is 4.69. The number of hydrogen-bond acceptors (Lipinski definition) is 3. The van der Waals surface area contributed by atoms with Gasteiger partial charge >= 0.3 is 0 Å². The van der Waals surface area contributed by atoms with Crippen molar-refractivity contribution in [3.05, 3.63) is 42.0 Å². The summed E-state index contributed by atoms with van der Waals surface area (Å²) in [5.41, 5.74) is 1.16. The molecule has 1 aliphatic rings. The highest BCUT2D eigenvalue weighted by Crippen LogP contribution is 2.29. The fraction of sp³-hybridized carbons (Fsp3) is 0.267. The van der Waals surface area contributed by atoms with E-state index >= 15 is 0 Å². The van der Waals surface area contributed by atoms with E-state index in [1.54, 1.807) is 0 Å². The van der Waals surface area contributed by atoms with Gasteiger partial charge in [-0.2, -0.15) is 0 Å². The van der Waals surface area contributed by atoms with Gasteiger partial charge in [-0.1, -0.05) is 24.3 Å². The number of fused-ring (bicyclic) bond motifs is 1. The van der Waals surface area contributed by atoms with Crippen LogP contribution < -0.4 is 10.1 Å². The van der Waals surface area contributed by atoms with Gasteiger partial charge in [-0.05, 0) is 24.4 Å². The van der Waals surface area contributed by atoms with E-state index in [9.17, 15) is 0 Å². The van der Waals surface area contributed by atoms with Gasteiger partial charge in [-0.25, -0.2) is 0 Å². The molecule has 3 rings (SSSR count). The minimum Gasteiger partial charge on any atom is -0.493 e. The van der Waals surface area contributed by atoms with E-state index in [1.807, 2.05) is 19.1 Å². The predicted molar refractivity (Wildman–Crippen MR) is 74.5 cm³/mol. The van der Waals surface area contributed by atoms with Crippen molar-refractivity contribution in [3.63, 3.8) is 0 Å². The molecule has 2 aromatic carbocycles. The van der Waals surface area contributed by atoms with Gasteiger partial charge in [0.15, 0.2) is 0 Å². The van der Waals surface area contributed by atoms with E-state index in [0.29, 0.717) is 6.61 Å². The summed E-state index contributed by atoms with van der Waals surface area (Å²) >= 11 is 0. The third-order valence-corrected chi connectivity index (χ3v) is 3.11. The summed E-state index contributed by atoms with van der Waals surface area (Å²) in [6.07, 6.45) is 0. The number of rotatable bonds is 3. The van der Waals surface area contributed by atoms with Crippen LogP contribution in [0, 0.1) is 0 Å². The van der Waals surface area contributed by atoms with Crippen molar-refractivity contribution < 1.29 is 4.74 Å². The van der Waals surface area contributed by atoms with Crippen molar-refractivity contribution in [2.45, 2.75) is 6.92 Å². The average molecular weight is 240 g/mol. The molecule has 0 saturated heterocycles. The topological polar surface area (TPSA) is 33.6 Å². The van der Waals surface area contributed by atoms with Crippen molar-refractivity contribution in [2.24, 2.45) is 4.99 Å². The molecule has 18 heavy (non-hydrogen) atoms. The quantitative estimate of drug-likeness (QED) is 0.894. The second-order valence-electron chi connectivity index (χ2n) is 4.25. The molecule has 0 unspecified atom stereocenters. The molecule has 1 N–H and O–H groups in total. The standard InChI is InChI=1S/C15H16N2O/c1-2-18-14-8-7-13(15-16-9-10-17-15)11-5-3-4-6-12(11)14/h3-8H,2,9-10H2,1H3,(H,16,17). The molecule has 0 radical (unpaired) electrons. The normalized spacial score (nSPS) is 14.4. The van der Waals surface area contributed by atoms with Crippen molar-refractivity contribution in [2.75, 3.05) is 19.7 Å². The van der Waals surface area contributed by atoms with Gasteiger partial charge in [-0.15, -0.1) is 0 Å². The third kappa shape index (κ3) is 1.82. The van der Waals surface area contributed by atoms with E-state index in [4.69, 9.17) is 4.74 Å². The fourth-order valence-electron chi connectivity index (χ4n) is 2.34. The van der Waals surface area contributed by atoms with E-state index in [1.165, 1.54) is 5.39 Å². The SMILES string of the molecule is CCOc1ccc(C2=NCCN2)c2ccccc12. The lowest BCUT2D eigenvalue weighted by Crippen LogP contribution is -2.19. The Kier molecular flexibility index (Phi) is 2.89. The smallest absolute Gasteiger partial charge is 0.129 e. The maximum atomic E-state index is 5.68. The largest absolute Gasteiger partial charge is 0.493 e. The van der Waals surface area contributed by atoms with E-state index in [-0.39, 0.29) is 0 Å². The Bertz CT molecular complexity index is 604. The monoisotopic (exact) mass is 240 g/mol. The number of aliphatic imine (C=N–C) groups is 1. The second-order valence-corrected chi connectivity index (χ2v) is 4.25. The molecule has 1 heterocycles. The number of ether oxygens (including phenoxy) is 1. The first-order chi connectivity index (χ1) is 8.90. The van der Waals surface area contributed by atoms with E-state index in [0.717, 1.165) is 35.6 Å². The summed E-state index contributed by atoms with van der Waals surface area (Å²) in [7, 11) is 0. The van der Waals surface area contributed by atoms with Crippen molar-refractivity contribution >= 4 is 16.6 Å². The Balaban J connectivity index is 2.19. The molecule has 0 saturated carbocycles. The minimum absolute atomic E-state index is 0.683. The van der Waals surface area contributed by atoms with Gasteiger partial charge in [-0.3, -0.25) is 4.99 Å². The third-order valence-electron chi connectivity index (χ3n) is 3.11. The number of nitrogens with zero attached hydrogens (tertiary/aromatic N) is 1. The highest BCUT2D eigenvalue weighted by Gasteiger charge is 2.13. The molecule has 0 amide bonds. The summed E-state index contributed by atoms with van der Waals surface area (Å²) in [4.78, 5) is 4.50. The van der Waals surface area contributed by atoms with E-state index < -0.39 is 0 Å². The first-order valence-electron chi connectivity index (χ1n) is 6.33. The summed E-state index contributed by atoms with van der Waals surface area (Å²) in [6, 6.07) is 12.4. The lowest BCUT2D eigenvalue weighted by atomic mass is 10.0. The molecule has 3 heteroatoms. The summed E-state index contributed by atoms with van der Waals surface area (Å²) in [5, 5.41) is 5.66. The number of benzene rings is 2. The van der Waals surface area contributed by atoms with Crippen LogP contribution in [-0.2, 0) is 0 Å². The van der Waals surface area contributed by atoms with Gasteiger partial charge < -0.3 is 10.1 Å². The zero-order valence-electron chi connectivity index (χ0n) is 10.4. The first kappa shape index (κ1) is 11.1. The molecule has 0 bridgehead atoms. The molecule has 0 atom stereocenters.